The van der Waals surface area contributed by atoms with Crippen molar-refractivity contribution in [1.82, 2.24) is 4.98 Å². The Morgan fingerprint density at radius 1 is 1.23 bits per heavy atom. The predicted octanol–water partition coefficient (Wildman–Crippen LogP) is 4.12. The number of carbonyl (C=O) groups is 1. The van der Waals surface area contributed by atoms with E-state index in [1.165, 1.54) is 36.2 Å². The van der Waals surface area contributed by atoms with Gasteiger partial charge in [0.2, 0.25) is 11.8 Å². The summed E-state index contributed by atoms with van der Waals surface area (Å²) < 4.78 is 0. The van der Waals surface area contributed by atoms with Crippen LogP contribution in [0.4, 0.5) is 10.8 Å². The Morgan fingerprint density at radius 2 is 2.04 bits per heavy atom. The van der Waals surface area contributed by atoms with Crippen molar-refractivity contribution in [3.8, 4) is 5.88 Å². The normalized spacial score (nSPS) is 17.8. The zero-order valence-electron chi connectivity index (χ0n) is 14.9. The van der Waals surface area contributed by atoms with Gasteiger partial charge in [0.25, 0.3) is 0 Å². The Kier molecular flexibility index (Phi) is 5.11. The summed E-state index contributed by atoms with van der Waals surface area (Å²) in [6.07, 6.45) is 8.29. The summed E-state index contributed by atoms with van der Waals surface area (Å²) in [5.41, 5.74) is 2.23. The van der Waals surface area contributed by atoms with Crippen molar-refractivity contribution < 1.29 is 9.90 Å². The van der Waals surface area contributed by atoms with Gasteiger partial charge in [-0.3, -0.25) is 4.79 Å². The van der Waals surface area contributed by atoms with Gasteiger partial charge in [0, 0.05) is 18.3 Å². The molecule has 1 amide bonds. The molecular formula is C20H25N3O2S. The van der Waals surface area contributed by atoms with E-state index in [4.69, 9.17) is 0 Å². The van der Waals surface area contributed by atoms with Crippen LogP contribution in [0, 0.1) is 0 Å². The average Bonchev–Trinajstić information content (AvgIpc) is 3.01. The summed E-state index contributed by atoms with van der Waals surface area (Å²) in [5, 5.41) is 14.4. The van der Waals surface area contributed by atoms with E-state index in [1.54, 1.807) is 0 Å². The molecule has 2 aliphatic rings. The molecule has 4 rings (SSSR count). The van der Waals surface area contributed by atoms with Gasteiger partial charge in [-0.25, -0.2) is 0 Å². The van der Waals surface area contributed by atoms with E-state index in [0.717, 1.165) is 43.0 Å². The second-order valence-corrected chi connectivity index (χ2v) is 8.28. The van der Waals surface area contributed by atoms with Gasteiger partial charge in [0.15, 0.2) is 5.13 Å². The number of nitrogens with one attached hydrogen (secondary N) is 1. The molecule has 6 heteroatoms. The zero-order valence-corrected chi connectivity index (χ0v) is 15.7. The maximum Gasteiger partial charge on any atom is 0.232 e. The number of aromatic nitrogens is 1. The summed E-state index contributed by atoms with van der Waals surface area (Å²) >= 11 is 1.41. The molecule has 1 aromatic carbocycles. The van der Waals surface area contributed by atoms with Crippen LogP contribution in [0.3, 0.4) is 0 Å². The van der Waals surface area contributed by atoms with Gasteiger partial charge in [0.1, 0.15) is 0 Å². The van der Waals surface area contributed by atoms with E-state index in [0.29, 0.717) is 10.9 Å². The number of thiazole rings is 1. The standard InChI is InChI=1S/C20H25N3O2S/c24-18(23-12-6-8-14-7-4-5-11-16(14)23)13-17-19(25)22-20(26-17)21-15-9-2-1-3-10-15/h4-5,7,11,15,25H,1-3,6,8-10,12-13H2,(H,21,22). The number of hydrogen-bond donors (Lipinski definition) is 2. The topological polar surface area (TPSA) is 65.5 Å². The number of para-hydroxylation sites is 1. The fourth-order valence-electron chi connectivity index (χ4n) is 3.97. The Labute approximate surface area is 158 Å². The first kappa shape index (κ1) is 17.3. The molecule has 2 heterocycles. The van der Waals surface area contributed by atoms with Crippen LogP contribution in [0.1, 0.15) is 49.0 Å². The molecule has 1 aliphatic heterocycles. The first-order valence-corrected chi connectivity index (χ1v) is 10.4. The lowest BCUT2D eigenvalue weighted by Crippen LogP contribution is -2.36. The van der Waals surface area contributed by atoms with Crippen LogP contribution in [0.25, 0.3) is 0 Å². The Bertz CT molecular complexity index is 783. The molecule has 1 aromatic heterocycles. The monoisotopic (exact) mass is 371 g/mol. The molecule has 0 bridgehead atoms. The third-order valence-corrected chi connectivity index (χ3v) is 6.31. The largest absolute Gasteiger partial charge is 0.492 e. The molecular weight excluding hydrogens is 346 g/mol. The number of aryl methyl sites for hydroxylation is 1. The van der Waals surface area contributed by atoms with Crippen LogP contribution in [0.2, 0.25) is 0 Å². The highest BCUT2D eigenvalue weighted by Crippen LogP contribution is 2.33. The number of fused-ring (bicyclic) bond motifs is 1. The maximum absolute atomic E-state index is 12.9. The number of rotatable bonds is 4. The summed E-state index contributed by atoms with van der Waals surface area (Å²) in [6.45, 7) is 0.739. The zero-order chi connectivity index (χ0) is 17.9. The number of anilines is 2. The molecule has 0 spiro atoms. The summed E-state index contributed by atoms with van der Waals surface area (Å²) in [7, 11) is 0. The Balaban J connectivity index is 1.45. The minimum absolute atomic E-state index is 0.00745. The van der Waals surface area contributed by atoms with E-state index in [2.05, 4.69) is 16.4 Å². The van der Waals surface area contributed by atoms with Crippen LogP contribution in [-0.2, 0) is 17.6 Å². The SMILES string of the molecule is O=C(Cc1sc(NC2CCCCC2)nc1O)N1CCCc2ccccc21. The second kappa shape index (κ2) is 7.66. The molecule has 0 saturated heterocycles. The molecule has 2 aromatic rings. The van der Waals surface area contributed by atoms with E-state index >= 15 is 0 Å². The van der Waals surface area contributed by atoms with E-state index in [1.807, 2.05) is 23.1 Å². The Morgan fingerprint density at radius 3 is 2.88 bits per heavy atom. The number of hydrogen-bond acceptors (Lipinski definition) is 5. The highest BCUT2D eigenvalue weighted by Gasteiger charge is 2.25. The molecule has 0 atom stereocenters. The lowest BCUT2D eigenvalue weighted by Gasteiger charge is -2.29. The quantitative estimate of drug-likeness (QED) is 0.849. The van der Waals surface area contributed by atoms with Crippen LogP contribution in [-0.4, -0.2) is 28.6 Å². The fourth-order valence-corrected chi connectivity index (χ4v) is 4.89. The minimum atomic E-state index is -0.00745. The van der Waals surface area contributed by atoms with Crippen molar-refractivity contribution in [2.24, 2.45) is 0 Å². The molecule has 0 unspecified atom stereocenters. The summed E-state index contributed by atoms with van der Waals surface area (Å²) in [4.78, 5) is 19.6. The fraction of sp³-hybridized carbons (Fsp3) is 0.500. The molecule has 1 aliphatic carbocycles. The lowest BCUT2D eigenvalue weighted by molar-refractivity contribution is -0.118. The molecule has 5 nitrogen and oxygen atoms in total. The van der Waals surface area contributed by atoms with E-state index in [-0.39, 0.29) is 18.2 Å². The van der Waals surface area contributed by atoms with Crippen LogP contribution in [0.15, 0.2) is 24.3 Å². The molecule has 138 valence electrons. The van der Waals surface area contributed by atoms with Crippen LogP contribution >= 0.6 is 11.3 Å². The van der Waals surface area contributed by atoms with E-state index in [9.17, 15) is 9.90 Å². The van der Waals surface area contributed by atoms with E-state index < -0.39 is 0 Å². The second-order valence-electron chi connectivity index (χ2n) is 7.20. The van der Waals surface area contributed by atoms with Gasteiger partial charge in [-0.15, -0.1) is 0 Å². The highest BCUT2D eigenvalue weighted by atomic mass is 32.1. The van der Waals surface area contributed by atoms with Crippen molar-refractivity contribution in [3.05, 3.63) is 34.7 Å². The van der Waals surface area contributed by atoms with Gasteiger partial charge < -0.3 is 15.3 Å². The molecule has 2 N–H and O–H groups in total. The van der Waals surface area contributed by atoms with Crippen molar-refractivity contribution in [1.29, 1.82) is 0 Å². The van der Waals surface area contributed by atoms with Crippen LogP contribution < -0.4 is 10.2 Å². The van der Waals surface area contributed by atoms with Gasteiger partial charge in [-0.1, -0.05) is 48.8 Å². The number of nitrogens with zero attached hydrogens (tertiary/aromatic N) is 2. The van der Waals surface area contributed by atoms with Crippen LogP contribution in [0.5, 0.6) is 5.88 Å². The van der Waals surface area contributed by atoms with Gasteiger partial charge in [-0.05, 0) is 37.3 Å². The maximum atomic E-state index is 12.9. The van der Waals surface area contributed by atoms with Gasteiger partial charge in [-0.2, -0.15) is 4.98 Å². The molecule has 0 radical (unpaired) electrons. The van der Waals surface area contributed by atoms with Crippen molar-refractivity contribution in [2.75, 3.05) is 16.8 Å². The first-order valence-electron chi connectivity index (χ1n) is 9.54. The molecule has 26 heavy (non-hydrogen) atoms. The Hall–Kier alpha value is -2.08. The highest BCUT2D eigenvalue weighted by molar-refractivity contribution is 7.16. The molecule has 1 fully saturated rings. The number of aromatic hydroxyl groups is 1. The number of benzene rings is 1. The van der Waals surface area contributed by atoms with Crippen molar-refractivity contribution in [2.45, 2.75) is 57.4 Å². The molecule has 1 saturated carbocycles. The summed E-state index contributed by atoms with van der Waals surface area (Å²) in [5.74, 6) is 0.0206. The lowest BCUT2D eigenvalue weighted by atomic mass is 9.96. The van der Waals surface area contributed by atoms with Gasteiger partial charge in [0.05, 0.1) is 11.3 Å². The van der Waals surface area contributed by atoms with Crippen molar-refractivity contribution >= 4 is 28.1 Å². The van der Waals surface area contributed by atoms with Gasteiger partial charge >= 0.3 is 0 Å². The average molecular weight is 372 g/mol. The minimum Gasteiger partial charge on any atom is -0.492 e. The smallest absolute Gasteiger partial charge is 0.232 e. The number of carbonyl (C=O) groups excluding carboxylic acids is 1. The summed E-state index contributed by atoms with van der Waals surface area (Å²) in [6, 6.07) is 8.53. The first-order chi connectivity index (χ1) is 12.7. The predicted molar refractivity (Wildman–Crippen MR) is 105 cm³/mol. The van der Waals surface area contributed by atoms with Crippen molar-refractivity contribution in [3.63, 3.8) is 0 Å². The third-order valence-electron chi connectivity index (χ3n) is 5.33. The number of amides is 1. The third kappa shape index (κ3) is 3.70.